The molecular formula is C17H15NO6. The Kier molecular flexibility index (Phi) is 4.57. The van der Waals surface area contributed by atoms with E-state index in [1.54, 1.807) is 12.1 Å². The molecule has 0 aliphatic carbocycles. The molecule has 1 fully saturated rings. The Labute approximate surface area is 137 Å². The first kappa shape index (κ1) is 16.1. The summed E-state index contributed by atoms with van der Waals surface area (Å²) >= 11 is 0. The lowest BCUT2D eigenvalue weighted by Crippen LogP contribution is -2.09. The molecule has 1 aromatic heterocycles. The van der Waals surface area contributed by atoms with Gasteiger partial charge >= 0.3 is 5.97 Å². The molecule has 24 heavy (non-hydrogen) atoms. The zero-order valence-corrected chi connectivity index (χ0v) is 12.9. The fourth-order valence-electron chi connectivity index (χ4n) is 2.64. The molecular weight excluding hydrogens is 314 g/mol. The SMILES string of the molecule is Cc1c(CC(=C=O)C(=O)O)cccc1C1COC(c2ncco2)O1. The summed E-state index contributed by atoms with van der Waals surface area (Å²) in [5, 5.41) is 8.99. The Morgan fingerprint density at radius 3 is 2.96 bits per heavy atom. The standard InChI is InChI=1S/C17H15NO6/c1-10-11(7-12(8-19)16(20)21)3-2-4-13(10)14-9-23-17(24-14)15-18-5-6-22-15/h2-6,14,17H,7,9H2,1H3,(H,20,21). The van der Waals surface area contributed by atoms with Crippen LogP contribution in [0.4, 0.5) is 0 Å². The predicted molar refractivity (Wildman–Crippen MR) is 80.7 cm³/mol. The second-order valence-corrected chi connectivity index (χ2v) is 5.35. The maximum absolute atomic E-state index is 11.0. The van der Waals surface area contributed by atoms with Gasteiger partial charge in [-0.2, -0.15) is 0 Å². The Morgan fingerprint density at radius 2 is 2.29 bits per heavy atom. The smallest absolute Gasteiger partial charge is 0.343 e. The van der Waals surface area contributed by atoms with Gasteiger partial charge in [0.1, 0.15) is 23.9 Å². The zero-order valence-electron chi connectivity index (χ0n) is 12.9. The summed E-state index contributed by atoms with van der Waals surface area (Å²) < 4.78 is 16.6. The summed E-state index contributed by atoms with van der Waals surface area (Å²) in [6.45, 7) is 2.18. The number of benzene rings is 1. The summed E-state index contributed by atoms with van der Waals surface area (Å²) in [5.41, 5.74) is 2.15. The van der Waals surface area contributed by atoms with E-state index in [4.69, 9.17) is 19.0 Å². The fraction of sp³-hybridized carbons (Fsp3) is 0.294. The first-order valence-electron chi connectivity index (χ1n) is 7.32. The highest BCUT2D eigenvalue weighted by Crippen LogP contribution is 2.36. The Bertz CT molecular complexity index is 791. The molecule has 0 radical (unpaired) electrons. The van der Waals surface area contributed by atoms with E-state index in [2.05, 4.69) is 4.98 Å². The first-order valence-corrected chi connectivity index (χ1v) is 7.32. The third-order valence-electron chi connectivity index (χ3n) is 3.92. The van der Waals surface area contributed by atoms with Crippen LogP contribution in [0.5, 0.6) is 0 Å². The summed E-state index contributed by atoms with van der Waals surface area (Å²) in [7, 11) is 0. The number of nitrogens with zero attached hydrogens (tertiary/aromatic N) is 1. The summed E-state index contributed by atoms with van der Waals surface area (Å²) in [6, 6.07) is 5.46. The maximum Gasteiger partial charge on any atom is 0.343 e. The maximum atomic E-state index is 11.0. The molecule has 7 nitrogen and oxygen atoms in total. The van der Waals surface area contributed by atoms with E-state index >= 15 is 0 Å². The lowest BCUT2D eigenvalue weighted by Gasteiger charge is -2.15. The number of aliphatic carboxylic acids is 1. The van der Waals surface area contributed by atoms with Crippen molar-refractivity contribution in [3.05, 3.63) is 58.8 Å². The first-order chi connectivity index (χ1) is 11.6. The van der Waals surface area contributed by atoms with Gasteiger partial charge < -0.3 is 19.0 Å². The van der Waals surface area contributed by atoms with E-state index in [1.165, 1.54) is 18.4 Å². The van der Waals surface area contributed by atoms with Gasteiger partial charge in [0, 0.05) is 6.42 Å². The zero-order chi connectivity index (χ0) is 17.1. The van der Waals surface area contributed by atoms with Crippen molar-refractivity contribution < 1.29 is 28.6 Å². The molecule has 2 heterocycles. The molecule has 7 heteroatoms. The van der Waals surface area contributed by atoms with Crippen LogP contribution >= 0.6 is 0 Å². The normalized spacial score (nSPS) is 19.9. The lowest BCUT2D eigenvalue weighted by molar-refractivity contribution is -0.132. The highest BCUT2D eigenvalue weighted by atomic mass is 16.7. The van der Waals surface area contributed by atoms with Crippen LogP contribution in [0.15, 0.2) is 40.6 Å². The predicted octanol–water partition coefficient (Wildman–Crippen LogP) is 2.15. The minimum absolute atomic E-state index is 0.00918. The molecule has 1 aliphatic heterocycles. The van der Waals surface area contributed by atoms with Crippen molar-refractivity contribution >= 4 is 11.9 Å². The molecule has 2 atom stereocenters. The van der Waals surface area contributed by atoms with Gasteiger partial charge in [-0.05, 0) is 23.6 Å². The average molecular weight is 329 g/mol. The lowest BCUT2D eigenvalue weighted by atomic mass is 9.94. The number of hydrogen-bond donors (Lipinski definition) is 1. The molecule has 1 N–H and O–H groups in total. The number of hydrogen-bond acceptors (Lipinski definition) is 6. The molecule has 1 saturated heterocycles. The van der Waals surface area contributed by atoms with Crippen molar-refractivity contribution in [2.75, 3.05) is 6.61 Å². The van der Waals surface area contributed by atoms with Crippen LogP contribution < -0.4 is 0 Å². The fourth-order valence-corrected chi connectivity index (χ4v) is 2.64. The minimum atomic E-state index is -1.26. The van der Waals surface area contributed by atoms with Crippen molar-refractivity contribution in [3.63, 3.8) is 0 Å². The molecule has 3 rings (SSSR count). The van der Waals surface area contributed by atoms with E-state index in [-0.39, 0.29) is 18.1 Å². The van der Waals surface area contributed by atoms with E-state index < -0.39 is 12.3 Å². The summed E-state index contributed by atoms with van der Waals surface area (Å²) in [5.74, 6) is 0.568. The highest BCUT2D eigenvalue weighted by Gasteiger charge is 2.32. The molecule has 2 unspecified atom stereocenters. The van der Waals surface area contributed by atoms with Gasteiger partial charge in [0.2, 0.25) is 6.29 Å². The number of aromatic nitrogens is 1. The van der Waals surface area contributed by atoms with Crippen LogP contribution in [0.25, 0.3) is 0 Å². The van der Waals surface area contributed by atoms with Crippen molar-refractivity contribution in [1.29, 1.82) is 0 Å². The van der Waals surface area contributed by atoms with Crippen LogP contribution in [0.1, 0.15) is 35.0 Å². The van der Waals surface area contributed by atoms with Gasteiger partial charge in [0.15, 0.2) is 0 Å². The molecule has 0 amide bonds. The van der Waals surface area contributed by atoms with Gasteiger partial charge in [-0.1, -0.05) is 18.2 Å². The average Bonchev–Trinajstić information content (AvgIpc) is 3.24. The molecule has 0 bridgehead atoms. The quantitative estimate of drug-likeness (QED) is 0.663. The number of carboxylic acid groups (broad SMARTS) is 1. The summed E-state index contributed by atoms with van der Waals surface area (Å²) in [4.78, 5) is 25.8. The second kappa shape index (κ2) is 6.80. The molecule has 1 aromatic carbocycles. The van der Waals surface area contributed by atoms with Crippen LogP contribution in [-0.4, -0.2) is 28.6 Å². The Hall–Kier alpha value is -2.73. The molecule has 1 aliphatic rings. The van der Waals surface area contributed by atoms with Gasteiger partial charge in [-0.25, -0.2) is 14.6 Å². The van der Waals surface area contributed by atoms with Crippen molar-refractivity contribution in [2.24, 2.45) is 0 Å². The van der Waals surface area contributed by atoms with Crippen LogP contribution in [0.3, 0.4) is 0 Å². The van der Waals surface area contributed by atoms with Gasteiger partial charge in [0.25, 0.3) is 5.89 Å². The van der Waals surface area contributed by atoms with Crippen LogP contribution in [-0.2, 0) is 25.5 Å². The monoisotopic (exact) mass is 329 g/mol. The second-order valence-electron chi connectivity index (χ2n) is 5.35. The van der Waals surface area contributed by atoms with E-state index in [0.717, 1.165) is 16.7 Å². The van der Waals surface area contributed by atoms with Crippen LogP contribution in [0, 0.1) is 6.92 Å². The highest BCUT2D eigenvalue weighted by molar-refractivity contribution is 5.95. The molecule has 0 saturated carbocycles. The number of oxazole rings is 1. The van der Waals surface area contributed by atoms with E-state index in [9.17, 15) is 9.59 Å². The minimum Gasteiger partial charge on any atom is -0.477 e. The number of rotatable bonds is 5. The Morgan fingerprint density at radius 1 is 1.46 bits per heavy atom. The van der Waals surface area contributed by atoms with Crippen molar-refractivity contribution in [2.45, 2.75) is 25.7 Å². The van der Waals surface area contributed by atoms with Gasteiger partial charge in [-0.15, -0.1) is 0 Å². The van der Waals surface area contributed by atoms with E-state index in [0.29, 0.717) is 12.5 Å². The number of carbonyl (C=O) groups is 1. The number of carboxylic acids is 1. The van der Waals surface area contributed by atoms with Crippen LogP contribution in [0.2, 0.25) is 0 Å². The Balaban J connectivity index is 1.81. The number of carbonyl (C=O) groups excluding carboxylic acids is 1. The van der Waals surface area contributed by atoms with Gasteiger partial charge in [-0.3, -0.25) is 0 Å². The third kappa shape index (κ3) is 3.14. The number of ether oxygens (including phenoxy) is 2. The molecule has 2 aromatic rings. The van der Waals surface area contributed by atoms with Crippen molar-refractivity contribution in [3.8, 4) is 0 Å². The molecule has 0 spiro atoms. The largest absolute Gasteiger partial charge is 0.477 e. The third-order valence-corrected chi connectivity index (χ3v) is 3.92. The molecule has 124 valence electrons. The van der Waals surface area contributed by atoms with E-state index in [1.807, 2.05) is 13.0 Å². The van der Waals surface area contributed by atoms with Crippen molar-refractivity contribution in [1.82, 2.24) is 4.98 Å². The van der Waals surface area contributed by atoms with Gasteiger partial charge in [0.05, 0.1) is 12.8 Å². The summed E-state index contributed by atoms with van der Waals surface area (Å²) in [6.07, 6.45) is 1.98. The topological polar surface area (TPSA) is 98.9 Å².